The fourth-order valence-corrected chi connectivity index (χ4v) is 5.20. The minimum absolute atomic E-state index is 0.00809. The summed E-state index contributed by atoms with van der Waals surface area (Å²) in [5.41, 5.74) is 3.75. The third-order valence-corrected chi connectivity index (χ3v) is 6.78. The van der Waals surface area contributed by atoms with Crippen LogP contribution < -0.4 is 0 Å². The molecule has 4 heteroatoms. The van der Waals surface area contributed by atoms with Gasteiger partial charge in [-0.1, -0.05) is 31.2 Å². The largest absolute Gasteiger partial charge is 0.491 e. The van der Waals surface area contributed by atoms with Gasteiger partial charge in [-0.15, -0.1) is 11.3 Å². The minimum Gasteiger partial charge on any atom is -0.491 e. The lowest BCUT2D eigenvalue weighted by Crippen LogP contribution is -2.39. The van der Waals surface area contributed by atoms with Gasteiger partial charge in [-0.3, -0.25) is 4.90 Å². The third kappa shape index (κ3) is 2.78. The summed E-state index contributed by atoms with van der Waals surface area (Å²) in [6, 6.07) is 12.9. The molecule has 0 fully saturated rings. The van der Waals surface area contributed by atoms with Crippen molar-refractivity contribution < 1.29 is 4.74 Å². The molecule has 1 aliphatic rings. The Morgan fingerprint density at radius 1 is 1.23 bits per heavy atom. The van der Waals surface area contributed by atoms with Crippen LogP contribution in [0.25, 0.3) is 16.7 Å². The molecular weight excluding hydrogens is 340 g/mol. The van der Waals surface area contributed by atoms with Crippen molar-refractivity contribution in [2.24, 2.45) is 0 Å². The van der Waals surface area contributed by atoms with Crippen molar-refractivity contribution in [3.05, 3.63) is 64.0 Å². The van der Waals surface area contributed by atoms with E-state index in [4.69, 9.17) is 4.74 Å². The molecule has 2 aromatic heterocycles. The second-order valence-electron chi connectivity index (χ2n) is 7.15. The number of ether oxygens (including phenoxy) is 1. The van der Waals surface area contributed by atoms with E-state index in [9.17, 15) is 0 Å². The quantitative estimate of drug-likeness (QED) is 0.655. The number of para-hydroxylation sites is 1. The van der Waals surface area contributed by atoms with Crippen molar-refractivity contribution in [2.75, 3.05) is 20.7 Å². The van der Waals surface area contributed by atoms with Crippen molar-refractivity contribution >= 4 is 28.0 Å². The first-order valence-electron chi connectivity index (χ1n) is 9.30. The number of rotatable bonds is 5. The average Bonchev–Trinajstić information content (AvgIpc) is 3.31. The topological polar surface area (TPSA) is 28.3 Å². The van der Waals surface area contributed by atoms with Crippen LogP contribution in [0.4, 0.5) is 0 Å². The number of aromatic amines is 1. The number of benzene rings is 1. The van der Waals surface area contributed by atoms with E-state index in [1.807, 2.05) is 11.3 Å². The molecule has 1 aromatic carbocycles. The predicted octanol–water partition coefficient (Wildman–Crippen LogP) is 5.40. The average molecular weight is 367 g/mol. The van der Waals surface area contributed by atoms with Gasteiger partial charge in [-0.25, -0.2) is 0 Å². The Labute approximate surface area is 159 Å². The third-order valence-electron chi connectivity index (χ3n) is 5.72. The van der Waals surface area contributed by atoms with E-state index in [2.05, 4.69) is 78.8 Å². The fraction of sp³-hybridized carbons (Fsp3) is 0.364. The summed E-state index contributed by atoms with van der Waals surface area (Å²) in [6.07, 6.45) is 5.25. The molecule has 1 unspecified atom stereocenters. The first kappa shape index (κ1) is 17.4. The maximum Gasteiger partial charge on any atom is 0.139 e. The Kier molecular flexibility index (Phi) is 4.63. The lowest BCUT2D eigenvalue weighted by atomic mass is 9.88. The molecule has 3 heterocycles. The lowest BCUT2D eigenvalue weighted by molar-refractivity contribution is 0.150. The lowest BCUT2D eigenvalue weighted by Gasteiger charge is -2.38. The SMILES string of the molecule is CCC(C/C=C1\OCCc2c1[nH]c1ccccc21)(c1cccs1)N(C)C. The molecule has 0 radical (unpaired) electrons. The monoisotopic (exact) mass is 366 g/mol. The number of thiophene rings is 1. The number of nitrogens with one attached hydrogen (secondary N) is 1. The van der Waals surface area contributed by atoms with Gasteiger partial charge in [-0.2, -0.15) is 0 Å². The van der Waals surface area contributed by atoms with Crippen LogP contribution in [-0.2, 0) is 16.7 Å². The zero-order valence-corrected chi connectivity index (χ0v) is 16.5. The Bertz CT molecular complexity index is 923. The molecule has 136 valence electrons. The highest BCUT2D eigenvalue weighted by Gasteiger charge is 2.33. The van der Waals surface area contributed by atoms with Gasteiger partial charge in [0.25, 0.3) is 0 Å². The van der Waals surface area contributed by atoms with Crippen LogP contribution in [0.2, 0.25) is 0 Å². The number of fused-ring (bicyclic) bond motifs is 3. The van der Waals surface area contributed by atoms with Gasteiger partial charge in [0, 0.05) is 22.2 Å². The first-order valence-corrected chi connectivity index (χ1v) is 10.2. The van der Waals surface area contributed by atoms with Crippen molar-refractivity contribution in [3.8, 4) is 0 Å². The van der Waals surface area contributed by atoms with Crippen molar-refractivity contribution in [1.29, 1.82) is 0 Å². The summed E-state index contributed by atoms with van der Waals surface area (Å²) in [4.78, 5) is 7.34. The summed E-state index contributed by atoms with van der Waals surface area (Å²) in [5, 5.41) is 3.49. The summed E-state index contributed by atoms with van der Waals surface area (Å²) >= 11 is 1.84. The molecule has 1 aliphatic heterocycles. The molecule has 26 heavy (non-hydrogen) atoms. The molecule has 0 bridgehead atoms. The molecule has 0 aliphatic carbocycles. The maximum atomic E-state index is 6.09. The van der Waals surface area contributed by atoms with Crippen LogP contribution in [0, 0.1) is 0 Å². The van der Waals surface area contributed by atoms with Crippen molar-refractivity contribution in [3.63, 3.8) is 0 Å². The van der Waals surface area contributed by atoms with E-state index < -0.39 is 0 Å². The fourth-order valence-electron chi connectivity index (χ4n) is 4.11. The molecule has 3 nitrogen and oxygen atoms in total. The van der Waals surface area contributed by atoms with Crippen LogP contribution in [-0.4, -0.2) is 30.6 Å². The van der Waals surface area contributed by atoms with E-state index >= 15 is 0 Å². The zero-order valence-electron chi connectivity index (χ0n) is 15.7. The van der Waals surface area contributed by atoms with Gasteiger partial charge in [0.15, 0.2) is 0 Å². The molecule has 1 atom stereocenters. The smallest absolute Gasteiger partial charge is 0.139 e. The normalized spacial score (nSPS) is 18.1. The number of hydrogen-bond acceptors (Lipinski definition) is 3. The summed E-state index contributed by atoms with van der Waals surface area (Å²) in [7, 11) is 4.36. The second kappa shape index (κ2) is 6.93. The predicted molar refractivity (Wildman–Crippen MR) is 111 cm³/mol. The minimum atomic E-state index is 0.00809. The molecule has 0 amide bonds. The van der Waals surface area contributed by atoms with Gasteiger partial charge in [0.05, 0.1) is 17.8 Å². The molecular formula is C22H26N2OS. The Balaban J connectivity index is 1.73. The summed E-state index contributed by atoms with van der Waals surface area (Å²) < 4.78 is 6.09. The Morgan fingerprint density at radius 2 is 2.08 bits per heavy atom. The molecule has 0 saturated heterocycles. The standard InChI is InChI=1S/C22H26N2OS/c1-4-22(24(2)3,20-10-7-15-26-20)13-11-19-21-17(12-14-25-19)16-8-5-6-9-18(16)23-21/h5-11,15,23H,4,12-14H2,1-3H3/b19-11-. The number of nitrogens with zero attached hydrogens (tertiary/aromatic N) is 1. The summed E-state index contributed by atoms with van der Waals surface area (Å²) in [6.45, 7) is 3.02. The molecule has 0 saturated carbocycles. The van der Waals surface area contributed by atoms with E-state index in [1.165, 1.54) is 21.3 Å². The number of hydrogen-bond donors (Lipinski definition) is 1. The van der Waals surface area contributed by atoms with Gasteiger partial charge in [-0.05, 0) is 56.1 Å². The maximum absolute atomic E-state index is 6.09. The molecule has 1 N–H and O–H groups in total. The number of aromatic nitrogens is 1. The van der Waals surface area contributed by atoms with Gasteiger partial charge >= 0.3 is 0 Å². The highest BCUT2D eigenvalue weighted by Crippen LogP contribution is 2.39. The van der Waals surface area contributed by atoms with Crippen molar-refractivity contribution in [1.82, 2.24) is 9.88 Å². The van der Waals surface area contributed by atoms with Crippen LogP contribution in [0.5, 0.6) is 0 Å². The molecule has 4 rings (SSSR count). The summed E-state index contributed by atoms with van der Waals surface area (Å²) in [5.74, 6) is 0.999. The van der Waals surface area contributed by atoms with E-state index in [1.54, 1.807) is 0 Å². The van der Waals surface area contributed by atoms with E-state index in [-0.39, 0.29) is 5.54 Å². The highest BCUT2D eigenvalue weighted by molar-refractivity contribution is 7.10. The second-order valence-corrected chi connectivity index (χ2v) is 8.10. The van der Waals surface area contributed by atoms with Gasteiger partial charge < -0.3 is 9.72 Å². The van der Waals surface area contributed by atoms with Crippen LogP contribution in [0.1, 0.15) is 35.9 Å². The molecule has 0 spiro atoms. The first-order chi connectivity index (χ1) is 12.7. The van der Waals surface area contributed by atoms with Crippen molar-refractivity contribution in [2.45, 2.75) is 31.7 Å². The van der Waals surface area contributed by atoms with Gasteiger partial charge in [0.1, 0.15) is 5.76 Å². The molecule has 3 aromatic rings. The van der Waals surface area contributed by atoms with E-state index in [0.717, 1.165) is 37.3 Å². The van der Waals surface area contributed by atoms with E-state index in [0.29, 0.717) is 0 Å². The highest BCUT2D eigenvalue weighted by atomic mass is 32.1. The number of H-pyrrole nitrogens is 1. The zero-order chi connectivity index (χ0) is 18.1. The van der Waals surface area contributed by atoms with Gasteiger partial charge in [0.2, 0.25) is 0 Å². The van der Waals surface area contributed by atoms with Crippen LogP contribution >= 0.6 is 11.3 Å². The Hall–Kier alpha value is -2.04. The van der Waals surface area contributed by atoms with Crippen LogP contribution in [0.3, 0.4) is 0 Å². The Morgan fingerprint density at radius 3 is 2.81 bits per heavy atom. The van der Waals surface area contributed by atoms with Crippen LogP contribution in [0.15, 0.2) is 47.9 Å².